The molecule has 0 fully saturated rings. The first kappa shape index (κ1) is 14.5. The van der Waals surface area contributed by atoms with Crippen LogP contribution in [0, 0.1) is 12.8 Å². The van der Waals surface area contributed by atoms with Gasteiger partial charge in [0.05, 0.1) is 5.56 Å². The lowest BCUT2D eigenvalue weighted by molar-refractivity contribution is 0.0947. The molecule has 0 radical (unpaired) electrons. The normalized spacial score (nSPS) is 12.2. The third-order valence-corrected chi connectivity index (χ3v) is 3.46. The number of rotatable bonds is 5. The number of carbonyl (C=O) groups excluding carboxylic acids is 1. The Morgan fingerprint density at radius 3 is 2.82 bits per heavy atom. The Bertz CT molecular complexity index is 395. The number of hydrogen-bond donors (Lipinski definition) is 1. The summed E-state index contributed by atoms with van der Waals surface area (Å²) in [5, 5.41) is 2.92. The SMILES string of the molecule is Cc1ccc(C(=O)NCC(C)CCCl)c(Br)c1. The highest BCUT2D eigenvalue weighted by atomic mass is 79.9. The minimum Gasteiger partial charge on any atom is -0.352 e. The molecule has 4 heteroatoms. The second-order valence-electron chi connectivity index (χ2n) is 4.28. The smallest absolute Gasteiger partial charge is 0.252 e. The van der Waals surface area contributed by atoms with Crippen LogP contribution in [0.3, 0.4) is 0 Å². The molecule has 0 aromatic heterocycles. The van der Waals surface area contributed by atoms with Crippen molar-refractivity contribution < 1.29 is 4.79 Å². The zero-order valence-corrected chi connectivity index (χ0v) is 12.4. The lowest BCUT2D eigenvalue weighted by Crippen LogP contribution is -2.28. The van der Waals surface area contributed by atoms with Crippen LogP contribution in [-0.4, -0.2) is 18.3 Å². The van der Waals surface area contributed by atoms with E-state index in [-0.39, 0.29) is 5.91 Å². The van der Waals surface area contributed by atoms with E-state index in [1.807, 2.05) is 25.1 Å². The van der Waals surface area contributed by atoms with Gasteiger partial charge in [-0.15, -0.1) is 11.6 Å². The monoisotopic (exact) mass is 317 g/mol. The molecule has 1 amide bonds. The fourth-order valence-corrected chi connectivity index (χ4v) is 2.50. The molecule has 1 unspecified atom stereocenters. The van der Waals surface area contributed by atoms with Gasteiger partial charge in [0.15, 0.2) is 0 Å². The highest BCUT2D eigenvalue weighted by Gasteiger charge is 2.10. The molecule has 0 heterocycles. The van der Waals surface area contributed by atoms with Crippen LogP contribution in [0.2, 0.25) is 0 Å². The standard InChI is InChI=1S/C13H17BrClNO/c1-9-3-4-11(12(14)7-9)13(17)16-8-10(2)5-6-15/h3-4,7,10H,5-6,8H2,1-2H3,(H,16,17). The Labute approximate surface area is 116 Å². The van der Waals surface area contributed by atoms with Crippen LogP contribution in [0.4, 0.5) is 0 Å². The maximum Gasteiger partial charge on any atom is 0.252 e. The van der Waals surface area contributed by atoms with Crippen LogP contribution >= 0.6 is 27.5 Å². The van der Waals surface area contributed by atoms with Gasteiger partial charge in [-0.25, -0.2) is 0 Å². The summed E-state index contributed by atoms with van der Waals surface area (Å²) in [6.07, 6.45) is 0.914. The summed E-state index contributed by atoms with van der Waals surface area (Å²) < 4.78 is 0.833. The number of alkyl halides is 1. The third kappa shape index (κ3) is 4.68. The summed E-state index contributed by atoms with van der Waals surface area (Å²) in [6, 6.07) is 5.71. The van der Waals surface area contributed by atoms with E-state index in [1.165, 1.54) is 0 Å². The molecule has 2 nitrogen and oxygen atoms in total. The van der Waals surface area contributed by atoms with Crippen molar-refractivity contribution in [1.29, 1.82) is 0 Å². The van der Waals surface area contributed by atoms with Crippen LogP contribution in [0.25, 0.3) is 0 Å². The average molecular weight is 319 g/mol. The van der Waals surface area contributed by atoms with Gasteiger partial charge in [0.1, 0.15) is 0 Å². The summed E-state index contributed by atoms with van der Waals surface area (Å²) in [6.45, 7) is 4.73. The lowest BCUT2D eigenvalue weighted by Gasteiger charge is -2.12. The van der Waals surface area contributed by atoms with Gasteiger partial charge in [0, 0.05) is 16.9 Å². The summed E-state index contributed by atoms with van der Waals surface area (Å²) in [5.74, 6) is 0.990. The number of benzene rings is 1. The Kier molecular flexibility index (Phi) is 6.00. The van der Waals surface area contributed by atoms with Crippen molar-refractivity contribution in [2.45, 2.75) is 20.3 Å². The Balaban J connectivity index is 2.58. The van der Waals surface area contributed by atoms with Crippen LogP contribution in [0.15, 0.2) is 22.7 Å². The zero-order valence-electron chi connectivity index (χ0n) is 10.1. The second kappa shape index (κ2) is 7.02. The van der Waals surface area contributed by atoms with Gasteiger partial charge in [-0.3, -0.25) is 4.79 Å². The molecule has 1 aromatic carbocycles. The maximum atomic E-state index is 11.9. The molecule has 1 atom stereocenters. The lowest BCUT2D eigenvalue weighted by atomic mass is 10.1. The van der Waals surface area contributed by atoms with Gasteiger partial charge in [-0.1, -0.05) is 13.0 Å². The minimum absolute atomic E-state index is 0.0432. The van der Waals surface area contributed by atoms with Gasteiger partial charge in [-0.05, 0) is 52.9 Å². The number of halogens is 2. The second-order valence-corrected chi connectivity index (χ2v) is 5.51. The van der Waals surface area contributed by atoms with E-state index in [0.717, 1.165) is 16.5 Å². The van der Waals surface area contributed by atoms with Crippen molar-refractivity contribution in [3.8, 4) is 0 Å². The van der Waals surface area contributed by atoms with Gasteiger partial charge < -0.3 is 5.32 Å². The number of aryl methyl sites for hydroxylation is 1. The topological polar surface area (TPSA) is 29.1 Å². The van der Waals surface area contributed by atoms with E-state index in [2.05, 4.69) is 28.2 Å². The van der Waals surface area contributed by atoms with Gasteiger partial charge >= 0.3 is 0 Å². The first-order valence-electron chi connectivity index (χ1n) is 5.65. The van der Waals surface area contributed by atoms with E-state index in [9.17, 15) is 4.79 Å². The summed E-state index contributed by atoms with van der Waals surface area (Å²) in [4.78, 5) is 11.9. The molecule has 0 spiro atoms. The van der Waals surface area contributed by atoms with Crippen molar-refractivity contribution in [3.63, 3.8) is 0 Å². The highest BCUT2D eigenvalue weighted by Crippen LogP contribution is 2.18. The molecule has 1 rings (SSSR count). The fraction of sp³-hybridized carbons (Fsp3) is 0.462. The molecule has 17 heavy (non-hydrogen) atoms. The first-order chi connectivity index (χ1) is 8.04. The van der Waals surface area contributed by atoms with Crippen LogP contribution < -0.4 is 5.32 Å². The molecule has 0 bridgehead atoms. The molecule has 0 aliphatic rings. The van der Waals surface area contributed by atoms with Crippen LogP contribution in [0.5, 0.6) is 0 Å². The van der Waals surface area contributed by atoms with E-state index < -0.39 is 0 Å². The number of nitrogens with one attached hydrogen (secondary N) is 1. The molecule has 0 aliphatic carbocycles. The van der Waals surface area contributed by atoms with Crippen molar-refractivity contribution in [1.82, 2.24) is 5.32 Å². The summed E-state index contributed by atoms with van der Waals surface area (Å²) in [5.41, 5.74) is 1.80. The Hall–Kier alpha value is -0.540. The first-order valence-corrected chi connectivity index (χ1v) is 6.97. The number of carbonyl (C=O) groups is 1. The molecule has 0 saturated heterocycles. The molecular formula is C13H17BrClNO. The quantitative estimate of drug-likeness (QED) is 0.823. The largest absolute Gasteiger partial charge is 0.352 e. The van der Waals surface area contributed by atoms with Gasteiger partial charge in [-0.2, -0.15) is 0 Å². The van der Waals surface area contributed by atoms with E-state index in [1.54, 1.807) is 0 Å². The summed E-state index contributed by atoms with van der Waals surface area (Å²) >= 11 is 9.05. The van der Waals surface area contributed by atoms with Crippen LogP contribution in [-0.2, 0) is 0 Å². The predicted molar refractivity (Wildman–Crippen MR) is 75.7 cm³/mol. The predicted octanol–water partition coefficient (Wildman–Crippen LogP) is 3.75. The molecule has 0 aliphatic heterocycles. The zero-order chi connectivity index (χ0) is 12.8. The molecular weight excluding hydrogens is 302 g/mol. The Morgan fingerprint density at radius 2 is 2.24 bits per heavy atom. The molecule has 1 aromatic rings. The third-order valence-electron chi connectivity index (χ3n) is 2.58. The van der Waals surface area contributed by atoms with Crippen molar-refractivity contribution in [3.05, 3.63) is 33.8 Å². The maximum absolute atomic E-state index is 11.9. The van der Waals surface area contributed by atoms with E-state index in [0.29, 0.717) is 23.9 Å². The fourth-order valence-electron chi connectivity index (χ4n) is 1.45. The highest BCUT2D eigenvalue weighted by molar-refractivity contribution is 9.10. The van der Waals surface area contributed by atoms with Gasteiger partial charge in [0.25, 0.3) is 5.91 Å². The Morgan fingerprint density at radius 1 is 1.53 bits per heavy atom. The average Bonchev–Trinajstić information content (AvgIpc) is 2.26. The van der Waals surface area contributed by atoms with Crippen molar-refractivity contribution in [2.75, 3.05) is 12.4 Å². The van der Waals surface area contributed by atoms with E-state index in [4.69, 9.17) is 11.6 Å². The minimum atomic E-state index is -0.0432. The van der Waals surface area contributed by atoms with Crippen molar-refractivity contribution in [2.24, 2.45) is 5.92 Å². The van der Waals surface area contributed by atoms with Crippen molar-refractivity contribution >= 4 is 33.4 Å². The van der Waals surface area contributed by atoms with E-state index >= 15 is 0 Å². The molecule has 94 valence electrons. The summed E-state index contributed by atoms with van der Waals surface area (Å²) in [7, 11) is 0. The van der Waals surface area contributed by atoms with Crippen LogP contribution in [0.1, 0.15) is 29.3 Å². The molecule has 0 saturated carbocycles. The number of hydrogen-bond acceptors (Lipinski definition) is 1. The van der Waals surface area contributed by atoms with Gasteiger partial charge in [0.2, 0.25) is 0 Å². The number of amides is 1. The molecule has 1 N–H and O–H groups in total.